The van der Waals surface area contributed by atoms with Gasteiger partial charge in [0.05, 0.1) is 0 Å². The summed E-state index contributed by atoms with van der Waals surface area (Å²) >= 11 is 0. The van der Waals surface area contributed by atoms with Gasteiger partial charge < -0.3 is 12.9 Å². The number of hydrogen-bond donors (Lipinski definition) is 1. The first-order chi connectivity index (χ1) is 4.60. The summed E-state index contributed by atoms with van der Waals surface area (Å²) in [6, 6.07) is 0. The zero-order valence-electron chi connectivity index (χ0n) is 8.27. The van der Waals surface area contributed by atoms with Gasteiger partial charge in [0.2, 0.25) is 0 Å². The second-order valence-electron chi connectivity index (χ2n) is 3.72. The van der Waals surface area contributed by atoms with Crippen molar-refractivity contribution in [3.63, 3.8) is 0 Å². The zero-order valence-corrected chi connectivity index (χ0v) is 10.7. The van der Waals surface area contributed by atoms with Crippen LogP contribution in [-0.2, 0) is 20.1 Å². The van der Waals surface area contributed by atoms with Gasteiger partial charge in [-0.05, 0) is 5.41 Å². The second-order valence-corrected chi connectivity index (χ2v) is 3.72. The van der Waals surface area contributed by atoms with E-state index < -0.39 is 0 Å². The number of rotatable bonds is 0. The predicted octanol–water partition coefficient (Wildman–Crippen LogP) is 2.03. The summed E-state index contributed by atoms with van der Waals surface area (Å²) in [7, 11) is 0. The number of hydrogen-bond acceptors (Lipinski definition) is 2. The van der Waals surface area contributed by atoms with E-state index in [4.69, 9.17) is 0 Å². The van der Waals surface area contributed by atoms with Gasteiger partial charge in [0.1, 0.15) is 0 Å². The number of nitrogens with one attached hydrogen (secondary N) is 1. The summed E-state index contributed by atoms with van der Waals surface area (Å²) < 4.78 is 0. The molecule has 1 aliphatic rings. The van der Waals surface area contributed by atoms with Crippen molar-refractivity contribution in [3.05, 3.63) is 13.3 Å². The van der Waals surface area contributed by atoms with Gasteiger partial charge in [-0.25, -0.2) is 0 Å². The molecule has 0 amide bonds. The molecule has 1 radical (unpaired) electrons. The molecule has 0 aromatic carbocycles. The fraction of sp³-hybridized carbons (Fsp3) is 0.667. The molecular formula is C9H18IrN2-2. The molecule has 0 atom stereocenters. The molecule has 1 N–H and O–H groups in total. The summed E-state index contributed by atoms with van der Waals surface area (Å²) in [4.78, 5) is 0. The molecule has 0 saturated heterocycles. The minimum Gasteiger partial charge on any atom is -0.358 e. The van der Waals surface area contributed by atoms with Crippen LogP contribution in [0.5, 0.6) is 0 Å². The van der Waals surface area contributed by atoms with Gasteiger partial charge >= 0.3 is 0 Å². The van der Waals surface area contributed by atoms with Crippen molar-refractivity contribution in [1.82, 2.24) is 5.43 Å². The molecule has 0 aliphatic carbocycles. The molecule has 1 heterocycles. The van der Waals surface area contributed by atoms with Crippen molar-refractivity contribution in [2.45, 2.75) is 27.2 Å². The Kier molecular flexibility index (Phi) is 6.96. The summed E-state index contributed by atoms with van der Waals surface area (Å²) in [6.07, 6.45) is 3.13. The Labute approximate surface area is 89.6 Å². The normalized spacial score (nSPS) is 21.2. The Morgan fingerprint density at radius 2 is 2.08 bits per heavy atom. The van der Waals surface area contributed by atoms with E-state index in [2.05, 4.69) is 31.3 Å². The fourth-order valence-electron chi connectivity index (χ4n) is 1.29. The first kappa shape index (κ1) is 14.6. The Balaban J connectivity index is 0. The largest absolute Gasteiger partial charge is 0.358 e. The van der Waals surface area contributed by atoms with E-state index in [0.29, 0.717) is 0 Å². The first-order valence-corrected chi connectivity index (χ1v) is 3.68. The third kappa shape index (κ3) is 4.89. The molecule has 0 bridgehead atoms. The Morgan fingerprint density at radius 3 is 2.67 bits per heavy atom. The third-order valence-electron chi connectivity index (χ3n) is 1.64. The molecule has 0 saturated carbocycles. The Morgan fingerprint density at radius 1 is 1.50 bits per heavy atom. The van der Waals surface area contributed by atoms with Crippen molar-refractivity contribution >= 4 is 6.21 Å². The van der Waals surface area contributed by atoms with E-state index in [0.717, 1.165) is 13.0 Å². The molecule has 0 fully saturated rings. The van der Waals surface area contributed by atoms with Crippen LogP contribution in [0.1, 0.15) is 27.2 Å². The monoisotopic (exact) mass is 347 g/mol. The molecule has 75 valence electrons. The minimum atomic E-state index is 0. The number of hydrazone groups is 1. The predicted molar refractivity (Wildman–Crippen MR) is 50.2 cm³/mol. The van der Waals surface area contributed by atoms with E-state index in [-0.39, 0.29) is 32.9 Å². The molecular weight excluding hydrogens is 328 g/mol. The van der Waals surface area contributed by atoms with Gasteiger partial charge in [-0.2, -0.15) is 18.4 Å². The van der Waals surface area contributed by atoms with Crippen LogP contribution in [-0.4, -0.2) is 12.8 Å². The van der Waals surface area contributed by atoms with Crippen molar-refractivity contribution in [2.24, 2.45) is 10.5 Å². The van der Waals surface area contributed by atoms with E-state index >= 15 is 0 Å². The first-order valence-electron chi connectivity index (χ1n) is 3.68. The second kappa shape index (κ2) is 5.71. The number of nitrogens with zero attached hydrogens (tertiary/aromatic N) is 1. The van der Waals surface area contributed by atoms with Crippen LogP contribution in [0.3, 0.4) is 0 Å². The van der Waals surface area contributed by atoms with Gasteiger partial charge in [-0.15, -0.1) is 0 Å². The Hall–Kier alpha value is 0.119. The van der Waals surface area contributed by atoms with Crippen LogP contribution in [0.2, 0.25) is 0 Å². The van der Waals surface area contributed by atoms with Gasteiger partial charge in [0.25, 0.3) is 0 Å². The SMILES string of the molecule is C[C-]1CNN=CC(C)(C)C1.[CH3-].[Ir]. The van der Waals surface area contributed by atoms with Gasteiger partial charge in [0.15, 0.2) is 0 Å². The maximum atomic E-state index is 4.08. The molecule has 3 heteroatoms. The molecule has 0 aromatic heterocycles. The summed E-state index contributed by atoms with van der Waals surface area (Å²) in [6.45, 7) is 7.50. The van der Waals surface area contributed by atoms with E-state index in [1.807, 2.05) is 6.21 Å². The third-order valence-corrected chi connectivity index (χ3v) is 1.64. The Bertz CT molecular complexity index is 143. The van der Waals surface area contributed by atoms with E-state index in [9.17, 15) is 0 Å². The van der Waals surface area contributed by atoms with Crippen molar-refractivity contribution in [3.8, 4) is 0 Å². The van der Waals surface area contributed by atoms with Crippen LogP contribution < -0.4 is 5.43 Å². The van der Waals surface area contributed by atoms with Crippen LogP contribution in [0.25, 0.3) is 0 Å². The smallest absolute Gasteiger partial charge is 0.0272 e. The van der Waals surface area contributed by atoms with Crippen LogP contribution in [0.4, 0.5) is 0 Å². The van der Waals surface area contributed by atoms with Crippen LogP contribution in [0, 0.1) is 18.8 Å². The van der Waals surface area contributed by atoms with Gasteiger partial charge in [0, 0.05) is 26.3 Å². The van der Waals surface area contributed by atoms with Gasteiger partial charge in [-0.1, -0.05) is 20.4 Å². The quantitative estimate of drug-likeness (QED) is 0.667. The summed E-state index contributed by atoms with van der Waals surface area (Å²) in [5, 5.41) is 4.08. The zero-order chi connectivity index (χ0) is 7.61. The van der Waals surface area contributed by atoms with E-state index in [1.54, 1.807) is 0 Å². The molecule has 12 heavy (non-hydrogen) atoms. The topological polar surface area (TPSA) is 24.4 Å². The fourth-order valence-corrected chi connectivity index (χ4v) is 1.29. The molecule has 0 aromatic rings. The molecule has 0 unspecified atom stereocenters. The average Bonchev–Trinajstić information content (AvgIpc) is 1.90. The van der Waals surface area contributed by atoms with Crippen molar-refractivity contribution < 1.29 is 20.1 Å². The van der Waals surface area contributed by atoms with Crippen LogP contribution in [0.15, 0.2) is 5.10 Å². The maximum Gasteiger partial charge on any atom is 0.0272 e. The van der Waals surface area contributed by atoms with Crippen LogP contribution >= 0.6 is 0 Å². The molecule has 1 aliphatic heterocycles. The molecule has 2 nitrogen and oxygen atoms in total. The average molecular weight is 346 g/mol. The molecule has 1 rings (SSSR count). The minimum absolute atomic E-state index is 0. The summed E-state index contributed by atoms with van der Waals surface area (Å²) in [5.41, 5.74) is 3.23. The van der Waals surface area contributed by atoms with Crippen molar-refractivity contribution in [2.75, 3.05) is 6.54 Å². The van der Waals surface area contributed by atoms with Crippen molar-refractivity contribution in [1.29, 1.82) is 0 Å². The standard InChI is InChI=1S/C8H15N2.CH3.Ir/c1-7-4-8(2,3)6-10-9-5-7;;/h6,9H,4-5H2,1-3H3;1H3;/q2*-1;. The van der Waals surface area contributed by atoms with E-state index in [1.165, 1.54) is 5.92 Å². The maximum absolute atomic E-state index is 4.08. The van der Waals surface area contributed by atoms with Gasteiger partial charge in [-0.3, -0.25) is 5.92 Å². The molecule has 0 spiro atoms. The summed E-state index contributed by atoms with van der Waals surface area (Å²) in [5.74, 6) is 1.47.